The van der Waals surface area contributed by atoms with Gasteiger partial charge in [-0.1, -0.05) is 30.3 Å². The van der Waals surface area contributed by atoms with Crippen LogP contribution in [0.2, 0.25) is 0 Å². The second-order valence-electron chi connectivity index (χ2n) is 5.58. The van der Waals surface area contributed by atoms with Gasteiger partial charge >= 0.3 is 12.0 Å². The molecule has 0 atom stereocenters. The van der Waals surface area contributed by atoms with E-state index < -0.39 is 23.7 Å². The van der Waals surface area contributed by atoms with Gasteiger partial charge in [-0.2, -0.15) is 0 Å². The Morgan fingerprint density at radius 1 is 1.15 bits per heavy atom. The van der Waals surface area contributed by atoms with Gasteiger partial charge in [0, 0.05) is 5.56 Å². The van der Waals surface area contributed by atoms with E-state index in [1.165, 1.54) is 31.4 Å². The molecule has 1 aliphatic heterocycles. The maximum absolute atomic E-state index is 13.8. The lowest BCUT2D eigenvalue weighted by molar-refractivity contribution is -0.123. The molecule has 0 radical (unpaired) electrons. The molecular formula is C19H15FN2O4. The lowest BCUT2D eigenvalue weighted by atomic mass is 10.1. The van der Waals surface area contributed by atoms with Crippen LogP contribution >= 0.6 is 0 Å². The number of carbonyl (C=O) groups excluding carboxylic acids is 3. The molecule has 1 aliphatic rings. The molecule has 2 aromatic rings. The predicted octanol–water partition coefficient (Wildman–Crippen LogP) is 2.71. The number of amides is 3. The van der Waals surface area contributed by atoms with E-state index in [-0.39, 0.29) is 17.8 Å². The van der Waals surface area contributed by atoms with E-state index in [2.05, 4.69) is 10.1 Å². The second kappa shape index (κ2) is 7.18. The highest BCUT2D eigenvalue weighted by Gasteiger charge is 2.33. The van der Waals surface area contributed by atoms with Crippen molar-refractivity contribution >= 4 is 24.0 Å². The molecule has 1 heterocycles. The van der Waals surface area contributed by atoms with Gasteiger partial charge in [0.05, 0.1) is 19.2 Å². The maximum Gasteiger partial charge on any atom is 0.337 e. The number of hydrogen-bond donors (Lipinski definition) is 1. The standard InChI is InChI=1S/C19H15FN2O4/c1-26-18(24)13-8-6-12(7-9-13)10-16-17(23)22(19(25)21-16)11-14-4-2-3-5-15(14)20/h2-10H,11H2,1H3,(H,21,25)/b16-10+. The van der Waals surface area contributed by atoms with Crippen LogP contribution in [0.3, 0.4) is 0 Å². The zero-order chi connectivity index (χ0) is 18.7. The number of hydrogen-bond acceptors (Lipinski definition) is 4. The summed E-state index contributed by atoms with van der Waals surface area (Å²) in [5.74, 6) is -1.50. The monoisotopic (exact) mass is 354 g/mol. The Hall–Kier alpha value is -3.48. The lowest BCUT2D eigenvalue weighted by Crippen LogP contribution is -2.30. The molecule has 0 unspecified atom stereocenters. The number of urea groups is 1. The normalized spacial score (nSPS) is 15.3. The Morgan fingerprint density at radius 3 is 2.50 bits per heavy atom. The van der Waals surface area contributed by atoms with E-state index in [4.69, 9.17) is 0 Å². The molecule has 0 saturated carbocycles. The van der Waals surface area contributed by atoms with E-state index in [9.17, 15) is 18.8 Å². The first-order valence-electron chi connectivity index (χ1n) is 7.76. The molecule has 1 fully saturated rings. The number of ether oxygens (including phenoxy) is 1. The van der Waals surface area contributed by atoms with Crippen molar-refractivity contribution in [1.29, 1.82) is 0 Å². The van der Waals surface area contributed by atoms with Crippen LogP contribution in [0.25, 0.3) is 6.08 Å². The fraction of sp³-hybridized carbons (Fsp3) is 0.105. The van der Waals surface area contributed by atoms with Gasteiger partial charge in [0.2, 0.25) is 0 Å². The van der Waals surface area contributed by atoms with E-state index in [0.717, 1.165) is 4.90 Å². The van der Waals surface area contributed by atoms with Crippen LogP contribution in [0.4, 0.5) is 9.18 Å². The molecule has 3 rings (SSSR count). The summed E-state index contributed by atoms with van der Waals surface area (Å²) >= 11 is 0. The molecule has 6 nitrogen and oxygen atoms in total. The molecule has 132 valence electrons. The summed E-state index contributed by atoms with van der Waals surface area (Å²) in [6.07, 6.45) is 1.49. The third kappa shape index (κ3) is 3.46. The topological polar surface area (TPSA) is 75.7 Å². The van der Waals surface area contributed by atoms with Crippen molar-refractivity contribution in [3.63, 3.8) is 0 Å². The average Bonchev–Trinajstić information content (AvgIpc) is 2.91. The minimum atomic E-state index is -0.615. The van der Waals surface area contributed by atoms with Crippen molar-refractivity contribution in [2.45, 2.75) is 6.54 Å². The van der Waals surface area contributed by atoms with Crippen LogP contribution in [0.5, 0.6) is 0 Å². The number of methoxy groups -OCH3 is 1. The minimum Gasteiger partial charge on any atom is -0.465 e. The Balaban J connectivity index is 1.79. The first-order chi connectivity index (χ1) is 12.5. The fourth-order valence-corrected chi connectivity index (χ4v) is 2.51. The number of esters is 1. The zero-order valence-corrected chi connectivity index (χ0v) is 13.9. The van der Waals surface area contributed by atoms with Gasteiger partial charge in [-0.15, -0.1) is 0 Å². The van der Waals surface area contributed by atoms with Gasteiger partial charge in [-0.25, -0.2) is 14.0 Å². The summed E-state index contributed by atoms with van der Waals surface area (Å²) in [5, 5.41) is 2.47. The molecule has 26 heavy (non-hydrogen) atoms. The smallest absolute Gasteiger partial charge is 0.337 e. The number of imide groups is 1. The highest BCUT2D eigenvalue weighted by atomic mass is 19.1. The van der Waals surface area contributed by atoms with Crippen molar-refractivity contribution < 1.29 is 23.5 Å². The van der Waals surface area contributed by atoms with Gasteiger partial charge in [0.25, 0.3) is 5.91 Å². The number of nitrogens with zero attached hydrogens (tertiary/aromatic N) is 1. The van der Waals surface area contributed by atoms with Crippen molar-refractivity contribution in [2.75, 3.05) is 7.11 Å². The zero-order valence-electron chi connectivity index (χ0n) is 13.9. The van der Waals surface area contributed by atoms with Gasteiger partial charge in [0.15, 0.2) is 0 Å². The Labute approximate surface area is 148 Å². The minimum absolute atomic E-state index is 0.0807. The maximum atomic E-state index is 13.8. The molecule has 7 heteroatoms. The van der Waals surface area contributed by atoms with E-state index in [1.54, 1.807) is 30.3 Å². The van der Waals surface area contributed by atoms with Crippen molar-refractivity contribution in [3.8, 4) is 0 Å². The largest absolute Gasteiger partial charge is 0.465 e. The highest BCUT2D eigenvalue weighted by molar-refractivity contribution is 6.13. The number of benzene rings is 2. The number of nitrogens with one attached hydrogen (secondary N) is 1. The van der Waals surface area contributed by atoms with Crippen molar-refractivity contribution in [1.82, 2.24) is 10.2 Å². The van der Waals surface area contributed by atoms with Gasteiger partial charge in [0.1, 0.15) is 11.5 Å². The Kier molecular flexibility index (Phi) is 4.79. The molecule has 0 aromatic heterocycles. The lowest BCUT2D eigenvalue weighted by Gasteiger charge is -2.12. The van der Waals surface area contributed by atoms with Crippen LogP contribution in [0.15, 0.2) is 54.2 Å². The number of rotatable bonds is 4. The third-order valence-electron chi connectivity index (χ3n) is 3.89. The average molecular weight is 354 g/mol. The van der Waals surface area contributed by atoms with E-state index in [1.807, 2.05) is 0 Å². The number of halogens is 1. The predicted molar refractivity (Wildman–Crippen MR) is 91.2 cm³/mol. The molecule has 0 bridgehead atoms. The first kappa shape index (κ1) is 17.3. The molecule has 1 N–H and O–H groups in total. The van der Waals surface area contributed by atoms with E-state index in [0.29, 0.717) is 11.1 Å². The van der Waals surface area contributed by atoms with Crippen LogP contribution in [0.1, 0.15) is 21.5 Å². The summed E-state index contributed by atoms with van der Waals surface area (Å²) in [7, 11) is 1.29. The van der Waals surface area contributed by atoms with Crippen LogP contribution < -0.4 is 5.32 Å². The summed E-state index contributed by atoms with van der Waals surface area (Å²) in [6, 6.07) is 11.7. The van der Waals surface area contributed by atoms with Crippen LogP contribution in [-0.4, -0.2) is 29.9 Å². The fourth-order valence-electron chi connectivity index (χ4n) is 2.51. The summed E-state index contributed by atoms with van der Waals surface area (Å²) in [4.78, 5) is 36.8. The number of carbonyl (C=O) groups is 3. The molecule has 0 aliphatic carbocycles. The molecule has 0 spiro atoms. The second-order valence-corrected chi connectivity index (χ2v) is 5.58. The quantitative estimate of drug-likeness (QED) is 0.520. The SMILES string of the molecule is COC(=O)c1ccc(/C=C2/NC(=O)N(Cc3ccccc3F)C2=O)cc1. The summed E-state index contributed by atoms with van der Waals surface area (Å²) in [5.41, 5.74) is 1.32. The van der Waals surface area contributed by atoms with Gasteiger partial charge < -0.3 is 10.1 Å². The van der Waals surface area contributed by atoms with Crippen LogP contribution in [0, 0.1) is 5.82 Å². The van der Waals surface area contributed by atoms with Crippen molar-refractivity contribution in [3.05, 3.63) is 76.7 Å². The third-order valence-corrected chi connectivity index (χ3v) is 3.89. The van der Waals surface area contributed by atoms with Crippen molar-refractivity contribution in [2.24, 2.45) is 0 Å². The highest BCUT2D eigenvalue weighted by Crippen LogP contribution is 2.18. The Bertz CT molecular complexity index is 906. The summed E-state index contributed by atoms with van der Waals surface area (Å²) < 4.78 is 18.4. The molecule has 2 aromatic carbocycles. The van der Waals surface area contributed by atoms with Gasteiger partial charge in [-0.05, 0) is 29.8 Å². The first-order valence-corrected chi connectivity index (χ1v) is 7.76. The molecular weight excluding hydrogens is 339 g/mol. The molecule has 1 saturated heterocycles. The summed E-state index contributed by atoms with van der Waals surface area (Å²) in [6.45, 7) is -0.157. The van der Waals surface area contributed by atoms with Crippen LogP contribution in [-0.2, 0) is 16.1 Å². The van der Waals surface area contributed by atoms with Gasteiger partial charge in [-0.3, -0.25) is 9.69 Å². The van der Waals surface area contributed by atoms with E-state index >= 15 is 0 Å². The molecule has 3 amide bonds. The Morgan fingerprint density at radius 2 is 1.85 bits per heavy atom.